The molecule has 0 unspecified atom stereocenters. The Morgan fingerprint density at radius 2 is 0.400 bits per heavy atom. The summed E-state index contributed by atoms with van der Waals surface area (Å²) >= 11 is 0. The standard InChI is InChI=1S/Ag.Bi.6BrH.2Cs/h;;6*1H;;/q+1;+3;;;;;;;2*+1/p-6. The van der Waals surface area contributed by atoms with Crippen molar-refractivity contribution in [2.24, 2.45) is 0 Å². The first-order valence-electron chi connectivity index (χ1n) is 0. The van der Waals surface area contributed by atoms with Crippen LogP contribution in [0.3, 0.4) is 0 Å². The van der Waals surface area contributed by atoms with Gasteiger partial charge in [0.05, 0.1) is 0 Å². The van der Waals surface area contributed by atoms with Crippen molar-refractivity contribution in [2.45, 2.75) is 0 Å². The summed E-state index contributed by atoms with van der Waals surface area (Å²) in [6.07, 6.45) is 0. The molecule has 0 rings (SSSR count). The number of rotatable bonds is 0. The zero-order valence-corrected chi connectivity index (χ0v) is 32.1. The molecule has 0 aliphatic rings. The average molecular weight is 1060 g/mol. The number of hydrogen-bond acceptors (Lipinski definition) is 0. The fourth-order valence-electron chi connectivity index (χ4n) is 0. The van der Waals surface area contributed by atoms with E-state index in [0.717, 1.165) is 0 Å². The van der Waals surface area contributed by atoms with Gasteiger partial charge in [0.25, 0.3) is 0 Å². The van der Waals surface area contributed by atoms with Gasteiger partial charge in [-0.25, -0.2) is 0 Å². The molecule has 0 saturated carbocycles. The molecule has 60 valence electrons. The molecule has 0 fully saturated rings. The Bertz CT molecular complexity index is 15.7. The van der Waals surface area contributed by atoms with Gasteiger partial charge in [-0.15, -0.1) is 0 Å². The monoisotopic (exact) mass is 1060 g/mol. The van der Waals surface area contributed by atoms with Crippen LogP contribution >= 0.6 is 0 Å². The van der Waals surface area contributed by atoms with Gasteiger partial charge in [0.15, 0.2) is 0 Å². The summed E-state index contributed by atoms with van der Waals surface area (Å²) in [4.78, 5) is 0. The van der Waals surface area contributed by atoms with E-state index in [1.807, 2.05) is 0 Å². The van der Waals surface area contributed by atoms with Gasteiger partial charge in [-0.05, 0) is 0 Å². The molecule has 0 N–H and O–H groups in total. The van der Waals surface area contributed by atoms with Gasteiger partial charge in [-0.1, -0.05) is 0 Å². The van der Waals surface area contributed by atoms with Crippen LogP contribution in [-0.4, -0.2) is 26.2 Å². The molecule has 0 bridgehead atoms. The second-order valence-corrected chi connectivity index (χ2v) is 0. The Hall–Kier alpha value is 8.61. The Kier molecular flexibility index (Phi) is 510. The molecule has 0 saturated heterocycles. The summed E-state index contributed by atoms with van der Waals surface area (Å²) in [6.45, 7) is 0. The van der Waals surface area contributed by atoms with E-state index in [1.165, 1.54) is 0 Å². The second-order valence-electron chi connectivity index (χ2n) is 0. The van der Waals surface area contributed by atoms with Crippen molar-refractivity contribution in [1.82, 2.24) is 0 Å². The molecule has 10 heavy (non-hydrogen) atoms. The molecular weight excluding hydrogens is 1060 g/mol. The first-order valence-corrected chi connectivity index (χ1v) is 0. The largest absolute Gasteiger partial charge is 3.00 e. The normalized spacial score (nSPS) is 0. The second kappa shape index (κ2) is 65.5. The third-order valence-corrected chi connectivity index (χ3v) is 0. The Morgan fingerprint density at radius 1 is 0.400 bits per heavy atom. The van der Waals surface area contributed by atoms with Gasteiger partial charge in [0.2, 0.25) is 0 Å². The summed E-state index contributed by atoms with van der Waals surface area (Å²) in [7, 11) is 0. The predicted octanol–water partition coefficient (Wildman–Crippen LogP) is -24.4. The maximum absolute atomic E-state index is 0. The van der Waals surface area contributed by atoms with Crippen molar-refractivity contribution < 1.29 is 262 Å². The topological polar surface area (TPSA) is 0 Å². The molecular formula is AgBiBr6Cs2. The zero-order chi connectivity index (χ0) is 0. The Morgan fingerprint density at radius 3 is 0.400 bits per heavy atom. The van der Waals surface area contributed by atoms with Gasteiger partial charge in [0, 0.05) is 0 Å². The van der Waals surface area contributed by atoms with Crippen LogP contribution in [0.5, 0.6) is 0 Å². The van der Waals surface area contributed by atoms with Crippen molar-refractivity contribution in [3.63, 3.8) is 0 Å². The van der Waals surface area contributed by atoms with Crippen LogP contribution in [0.15, 0.2) is 0 Å². The molecule has 0 aromatic heterocycles. The van der Waals surface area contributed by atoms with E-state index in [9.17, 15) is 0 Å². The van der Waals surface area contributed by atoms with Crippen LogP contribution < -0.4 is 240 Å². The van der Waals surface area contributed by atoms with E-state index in [0.29, 0.717) is 0 Å². The zero-order valence-electron chi connectivity index (χ0n) is 5.02. The first kappa shape index (κ1) is 77.9. The maximum Gasteiger partial charge on any atom is 3.00 e. The van der Waals surface area contributed by atoms with Crippen LogP contribution in [0, 0.1) is 0 Å². The summed E-state index contributed by atoms with van der Waals surface area (Å²) in [5.74, 6) is 0. The van der Waals surface area contributed by atoms with Gasteiger partial charge in [-0.3, -0.25) is 0 Å². The minimum Gasteiger partial charge on any atom is -1.00 e. The van der Waals surface area contributed by atoms with E-state index >= 15 is 0 Å². The number of hydrogen-bond donors (Lipinski definition) is 0. The van der Waals surface area contributed by atoms with E-state index in [4.69, 9.17) is 0 Å². The Labute approximate surface area is 278 Å². The minimum atomic E-state index is 0. The molecule has 0 aliphatic heterocycles. The maximum atomic E-state index is 0. The molecule has 0 nitrogen and oxygen atoms in total. The van der Waals surface area contributed by atoms with Gasteiger partial charge in [-0.2, -0.15) is 0 Å². The number of halogens is 6. The van der Waals surface area contributed by atoms with Crippen LogP contribution in [0.1, 0.15) is 0 Å². The molecule has 0 spiro atoms. The van der Waals surface area contributed by atoms with Crippen molar-refractivity contribution in [1.29, 1.82) is 0 Å². The van der Waals surface area contributed by atoms with E-state index in [2.05, 4.69) is 0 Å². The summed E-state index contributed by atoms with van der Waals surface area (Å²) < 4.78 is 0. The summed E-state index contributed by atoms with van der Waals surface area (Å²) in [6, 6.07) is 0. The van der Waals surface area contributed by atoms with Crippen molar-refractivity contribution in [2.75, 3.05) is 0 Å². The molecule has 0 aromatic rings. The smallest absolute Gasteiger partial charge is 1.00 e. The van der Waals surface area contributed by atoms with Crippen LogP contribution in [0.4, 0.5) is 0 Å². The molecule has 0 aliphatic carbocycles. The van der Waals surface area contributed by atoms with Crippen LogP contribution in [-0.2, 0) is 22.4 Å². The fraction of sp³-hybridized carbons (Fsp3) is 0. The molecule has 0 aromatic carbocycles. The van der Waals surface area contributed by atoms with Crippen LogP contribution in [0.25, 0.3) is 0 Å². The molecule has 2 radical (unpaired) electrons. The minimum absolute atomic E-state index is 0. The van der Waals surface area contributed by atoms with E-state index in [-0.39, 0.29) is 288 Å². The van der Waals surface area contributed by atoms with Gasteiger partial charge >= 0.3 is 186 Å². The van der Waals surface area contributed by atoms with Gasteiger partial charge < -0.3 is 102 Å². The van der Waals surface area contributed by atoms with Crippen LogP contribution in [0.2, 0.25) is 0 Å². The van der Waals surface area contributed by atoms with E-state index in [1.54, 1.807) is 0 Å². The fourth-order valence-corrected chi connectivity index (χ4v) is 0. The SMILES string of the molecule is [Ag+].[Bi+3].[Br-].[Br-].[Br-].[Br-].[Br-].[Br-].[Cs+].[Cs+]. The molecule has 0 atom stereocenters. The first-order chi connectivity index (χ1) is 0. The predicted molar refractivity (Wildman–Crippen MR) is 5.75 cm³/mol. The third kappa shape index (κ3) is 54.6. The van der Waals surface area contributed by atoms with E-state index < -0.39 is 0 Å². The van der Waals surface area contributed by atoms with Crippen molar-refractivity contribution in [3.05, 3.63) is 0 Å². The Balaban J connectivity index is 0. The van der Waals surface area contributed by atoms with Gasteiger partial charge in [0.1, 0.15) is 0 Å². The van der Waals surface area contributed by atoms with Crippen molar-refractivity contribution >= 4 is 26.2 Å². The third-order valence-electron chi connectivity index (χ3n) is 0. The van der Waals surface area contributed by atoms with Crippen molar-refractivity contribution in [3.8, 4) is 0 Å². The quantitative estimate of drug-likeness (QED) is 0.212. The molecule has 10 heteroatoms. The summed E-state index contributed by atoms with van der Waals surface area (Å²) in [5.41, 5.74) is 0. The molecule has 0 heterocycles. The average Bonchev–Trinajstić information content (AvgIpc) is 0. The summed E-state index contributed by atoms with van der Waals surface area (Å²) in [5, 5.41) is 0. The molecule has 0 amide bonds.